The third kappa shape index (κ3) is 6.10. The molecule has 158 valence electrons. The number of carbonyl (C=O) groups excluding carboxylic acids is 3. The molecule has 0 aliphatic carbocycles. The molecule has 1 aliphatic heterocycles. The number of piperazine rings is 1. The van der Waals surface area contributed by atoms with Gasteiger partial charge in [-0.25, -0.2) is 4.39 Å². The van der Waals surface area contributed by atoms with Crippen molar-refractivity contribution >= 4 is 17.7 Å². The van der Waals surface area contributed by atoms with Crippen LogP contribution in [0.1, 0.15) is 28.9 Å². The molecule has 0 atom stereocenters. The van der Waals surface area contributed by atoms with Gasteiger partial charge in [0.2, 0.25) is 11.8 Å². The Labute approximate surface area is 174 Å². The molecule has 1 fully saturated rings. The summed E-state index contributed by atoms with van der Waals surface area (Å²) in [5, 5.41) is 2.73. The van der Waals surface area contributed by atoms with Gasteiger partial charge < -0.3 is 15.1 Å². The van der Waals surface area contributed by atoms with Crippen LogP contribution in [0, 0.1) is 5.82 Å². The fraction of sp³-hybridized carbons (Fsp3) is 0.364. The average Bonchev–Trinajstić information content (AvgIpc) is 2.77. The lowest BCUT2D eigenvalue weighted by molar-refractivity contribution is -0.139. The first kappa shape index (κ1) is 21.4. The van der Waals surface area contributed by atoms with Crippen LogP contribution in [0.3, 0.4) is 0 Å². The summed E-state index contributed by atoms with van der Waals surface area (Å²) in [5.74, 6) is -0.648. The Balaban J connectivity index is 1.33. The fourth-order valence-electron chi connectivity index (χ4n) is 3.28. The van der Waals surface area contributed by atoms with Gasteiger partial charge in [0, 0.05) is 56.6 Å². The SMILES string of the molecule is O=C(NCCCC(=O)N1CCN(C(=O)Cc2ccccn2)CC1)c1ccc(F)cc1. The molecule has 0 unspecified atom stereocenters. The molecule has 2 heterocycles. The van der Waals surface area contributed by atoms with E-state index in [1.54, 1.807) is 16.0 Å². The molecule has 2 aromatic rings. The second kappa shape index (κ2) is 10.5. The van der Waals surface area contributed by atoms with Crippen molar-refractivity contribution in [1.82, 2.24) is 20.1 Å². The third-order valence-electron chi connectivity index (χ3n) is 5.00. The lowest BCUT2D eigenvalue weighted by Crippen LogP contribution is -2.51. The van der Waals surface area contributed by atoms with Crippen molar-refractivity contribution in [2.75, 3.05) is 32.7 Å². The molecule has 1 aliphatic rings. The summed E-state index contributed by atoms with van der Waals surface area (Å²) < 4.78 is 12.9. The number of aromatic nitrogens is 1. The monoisotopic (exact) mass is 412 g/mol. The van der Waals surface area contributed by atoms with Gasteiger partial charge >= 0.3 is 0 Å². The number of carbonyl (C=O) groups is 3. The number of benzene rings is 1. The minimum absolute atomic E-state index is 0.0165. The highest BCUT2D eigenvalue weighted by Crippen LogP contribution is 2.08. The molecule has 1 aromatic carbocycles. The Morgan fingerprint density at radius 1 is 0.933 bits per heavy atom. The molecule has 0 radical (unpaired) electrons. The van der Waals surface area contributed by atoms with Gasteiger partial charge in [-0.15, -0.1) is 0 Å². The molecule has 1 N–H and O–H groups in total. The van der Waals surface area contributed by atoms with E-state index in [-0.39, 0.29) is 24.1 Å². The molecule has 3 amide bonds. The summed E-state index contributed by atoms with van der Waals surface area (Å²) in [6.07, 6.45) is 2.78. The van der Waals surface area contributed by atoms with Gasteiger partial charge in [-0.3, -0.25) is 19.4 Å². The van der Waals surface area contributed by atoms with E-state index in [0.717, 1.165) is 5.69 Å². The normalized spacial score (nSPS) is 13.8. The van der Waals surface area contributed by atoms with Gasteiger partial charge in [0.1, 0.15) is 5.82 Å². The van der Waals surface area contributed by atoms with E-state index in [9.17, 15) is 18.8 Å². The zero-order valence-electron chi connectivity index (χ0n) is 16.7. The van der Waals surface area contributed by atoms with Crippen molar-refractivity contribution in [2.45, 2.75) is 19.3 Å². The lowest BCUT2D eigenvalue weighted by Gasteiger charge is -2.35. The minimum Gasteiger partial charge on any atom is -0.352 e. The molecule has 8 heteroatoms. The van der Waals surface area contributed by atoms with E-state index in [2.05, 4.69) is 10.3 Å². The predicted molar refractivity (Wildman–Crippen MR) is 109 cm³/mol. The Kier molecular flexibility index (Phi) is 7.48. The van der Waals surface area contributed by atoms with Crippen LogP contribution in [0.2, 0.25) is 0 Å². The van der Waals surface area contributed by atoms with Crippen molar-refractivity contribution in [3.05, 3.63) is 65.7 Å². The van der Waals surface area contributed by atoms with Gasteiger partial charge in [0.15, 0.2) is 0 Å². The summed E-state index contributed by atoms with van der Waals surface area (Å²) in [7, 11) is 0. The van der Waals surface area contributed by atoms with Crippen LogP contribution in [-0.2, 0) is 16.0 Å². The van der Waals surface area contributed by atoms with Crippen LogP contribution in [0.15, 0.2) is 48.7 Å². The van der Waals surface area contributed by atoms with E-state index < -0.39 is 5.82 Å². The standard InChI is InChI=1S/C22H25FN4O3/c23-18-8-6-17(7-9-18)22(30)25-11-3-5-20(28)26-12-14-27(15-13-26)21(29)16-19-4-1-2-10-24-19/h1-2,4,6-10H,3,5,11-16H2,(H,25,30). The van der Waals surface area contributed by atoms with E-state index in [1.165, 1.54) is 24.3 Å². The second-order valence-electron chi connectivity index (χ2n) is 7.13. The number of halogens is 1. The highest BCUT2D eigenvalue weighted by Gasteiger charge is 2.24. The van der Waals surface area contributed by atoms with Crippen molar-refractivity contribution in [3.63, 3.8) is 0 Å². The lowest BCUT2D eigenvalue weighted by atomic mass is 10.2. The predicted octanol–water partition coefficient (Wildman–Crippen LogP) is 1.64. The van der Waals surface area contributed by atoms with Crippen LogP contribution in [0.25, 0.3) is 0 Å². The van der Waals surface area contributed by atoms with Crippen molar-refractivity contribution in [1.29, 1.82) is 0 Å². The highest BCUT2D eigenvalue weighted by molar-refractivity contribution is 5.94. The highest BCUT2D eigenvalue weighted by atomic mass is 19.1. The fourth-order valence-corrected chi connectivity index (χ4v) is 3.28. The maximum absolute atomic E-state index is 12.9. The molecule has 0 spiro atoms. The second-order valence-corrected chi connectivity index (χ2v) is 7.13. The van der Waals surface area contributed by atoms with Gasteiger partial charge in [-0.05, 0) is 42.8 Å². The Morgan fingerprint density at radius 2 is 1.60 bits per heavy atom. The molecular formula is C22H25FN4O3. The quantitative estimate of drug-likeness (QED) is 0.701. The first-order valence-electron chi connectivity index (χ1n) is 10.0. The third-order valence-corrected chi connectivity index (χ3v) is 5.00. The number of rotatable bonds is 7. The Bertz CT molecular complexity index is 866. The molecule has 7 nitrogen and oxygen atoms in total. The van der Waals surface area contributed by atoms with Crippen molar-refractivity contribution in [2.24, 2.45) is 0 Å². The molecule has 1 saturated heterocycles. The van der Waals surface area contributed by atoms with Crippen molar-refractivity contribution in [3.8, 4) is 0 Å². The number of nitrogens with zero attached hydrogens (tertiary/aromatic N) is 3. The summed E-state index contributed by atoms with van der Waals surface area (Å²) in [6.45, 7) is 2.41. The topological polar surface area (TPSA) is 82.6 Å². The van der Waals surface area contributed by atoms with Gasteiger partial charge in [-0.2, -0.15) is 0 Å². The summed E-state index contributed by atoms with van der Waals surface area (Å²) >= 11 is 0. The number of hydrogen-bond acceptors (Lipinski definition) is 4. The van der Waals surface area contributed by atoms with Crippen LogP contribution in [0.5, 0.6) is 0 Å². The molecule has 1 aromatic heterocycles. The number of hydrogen-bond donors (Lipinski definition) is 1. The Morgan fingerprint density at radius 3 is 2.23 bits per heavy atom. The summed E-state index contributed by atoms with van der Waals surface area (Å²) in [6, 6.07) is 10.8. The average molecular weight is 412 g/mol. The maximum atomic E-state index is 12.9. The van der Waals surface area contributed by atoms with Crippen LogP contribution in [-0.4, -0.2) is 65.2 Å². The van der Waals surface area contributed by atoms with E-state index >= 15 is 0 Å². The smallest absolute Gasteiger partial charge is 0.251 e. The van der Waals surface area contributed by atoms with Gasteiger partial charge in [-0.1, -0.05) is 6.07 Å². The first-order valence-corrected chi connectivity index (χ1v) is 10.0. The van der Waals surface area contributed by atoms with Crippen LogP contribution in [0.4, 0.5) is 4.39 Å². The zero-order valence-corrected chi connectivity index (χ0v) is 16.7. The number of nitrogens with one attached hydrogen (secondary N) is 1. The molecule has 0 saturated carbocycles. The van der Waals surface area contributed by atoms with Gasteiger partial charge in [0.05, 0.1) is 6.42 Å². The van der Waals surface area contributed by atoms with Crippen LogP contribution >= 0.6 is 0 Å². The summed E-state index contributed by atoms with van der Waals surface area (Å²) in [5.41, 5.74) is 1.12. The minimum atomic E-state index is -0.393. The maximum Gasteiger partial charge on any atom is 0.251 e. The van der Waals surface area contributed by atoms with Crippen molar-refractivity contribution < 1.29 is 18.8 Å². The first-order chi connectivity index (χ1) is 14.5. The zero-order chi connectivity index (χ0) is 21.3. The molecule has 3 rings (SSSR count). The summed E-state index contributed by atoms with van der Waals surface area (Å²) in [4.78, 5) is 44.4. The molecule has 0 bridgehead atoms. The number of amides is 3. The van der Waals surface area contributed by atoms with Crippen LogP contribution < -0.4 is 5.32 Å². The van der Waals surface area contributed by atoms with E-state index in [1.807, 2.05) is 18.2 Å². The van der Waals surface area contributed by atoms with Gasteiger partial charge in [0.25, 0.3) is 5.91 Å². The van der Waals surface area contributed by atoms with E-state index in [0.29, 0.717) is 51.1 Å². The largest absolute Gasteiger partial charge is 0.352 e. The Hall–Kier alpha value is -3.29. The molecular weight excluding hydrogens is 387 g/mol. The number of pyridine rings is 1. The van der Waals surface area contributed by atoms with E-state index in [4.69, 9.17) is 0 Å². The molecule has 30 heavy (non-hydrogen) atoms.